The largest absolute Gasteiger partial charge is 0.312 e. The van der Waals surface area contributed by atoms with Crippen molar-refractivity contribution >= 4 is 11.6 Å². The minimum Gasteiger partial charge on any atom is -0.312 e. The first-order chi connectivity index (χ1) is 11.6. The van der Waals surface area contributed by atoms with E-state index in [9.17, 15) is 9.59 Å². The number of carbonyl (C=O) groups is 2. The molecule has 0 aliphatic heterocycles. The zero-order valence-corrected chi connectivity index (χ0v) is 14.2. The van der Waals surface area contributed by atoms with Gasteiger partial charge in [-0.05, 0) is 25.5 Å². The molecule has 24 heavy (non-hydrogen) atoms. The van der Waals surface area contributed by atoms with E-state index in [2.05, 4.69) is 5.32 Å². The van der Waals surface area contributed by atoms with Crippen LogP contribution in [0.15, 0.2) is 66.2 Å². The lowest BCUT2D eigenvalue weighted by molar-refractivity contribution is -0.114. The van der Waals surface area contributed by atoms with Gasteiger partial charge in [0, 0.05) is 30.6 Å². The highest BCUT2D eigenvalue weighted by molar-refractivity contribution is 6.08. The second kappa shape index (κ2) is 8.94. The molecule has 0 fully saturated rings. The fraction of sp³-hybridized carbons (Fsp3) is 0.238. The number of hydrogen-bond donors (Lipinski definition) is 1. The SMILES string of the molecule is CC(C)=CC(=O)CCNCc1ccc(C(=O)c2ccccc2)cc1. The van der Waals surface area contributed by atoms with Crippen LogP contribution in [-0.2, 0) is 11.3 Å². The van der Waals surface area contributed by atoms with Crippen LogP contribution in [0.2, 0.25) is 0 Å². The van der Waals surface area contributed by atoms with Crippen LogP contribution in [0.25, 0.3) is 0 Å². The van der Waals surface area contributed by atoms with Crippen LogP contribution >= 0.6 is 0 Å². The van der Waals surface area contributed by atoms with Gasteiger partial charge < -0.3 is 5.32 Å². The van der Waals surface area contributed by atoms with Gasteiger partial charge in [0.2, 0.25) is 0 Å². The molecular weight excluding hydrogens is 298 g/mol. The van der Waals surface area contributed by atoms with Crippen molar-refractivity contribution in [2.75, 3.05) is 6.54 Å². The molecule has 124 valence electrons. The number of nitrogens with one attached hydrogen (secondary N) is 1. The van der Waals surface area contributed by atoms with Gasteiger partial charge in [0.05, 0.1) is 0 Å². The first kappa shape index (κ1) is 17.8. The maximum absolute atomic E-state index is 12.3. The number of benzene rings is 2. The van der Waals surface area contributed by atoms with Gasteiger partial charge in [-0.25, -0.2) is 0 Å². The van der Waals surface area contributed by atoms with E-state index in [1.54, 1.807) is 6.08 Å². The van der Waals surface area contributed by atoms with Crippen LogP contribution < -0.4 is 5.32 Å². The minimum absolute atomic E-state index is 0.0300. The first-order valence-corrected chi connectivity index (χ1v) is 8.13. The van der Waals surface area contributed by atoms with E-state index >= 15 is 0 Å². The molecule has 0 amide bonds. The van der Waals surface area contributed by atoms with E-state index in [1.165, 1.54) is 0 Å². The molecule has 0 aliphatic carbocycles. The second-order valence-corrected chi connectivity index (χ2v) is 6.01. The van der Waals surface area contributed by atoms with Crippen LogP contribution in [0.4, 0.5) is 0 Å². The van der Waals surface area contributed by atoms with E-state index < -0.39 is 0 Å². The molecule has 0 radical (unpaired) electrons. The van der Waals surface area contributed by atoms with Gasteiger partial charge in [0.15, 0.2) is 11.6 Å². The Bertz CT molecular complexity index is 711. The molecule has 0 saturated heterocycles. The molecule has 2 aromatic carbocycles. The van der Waals surface area contributed by atoms with E-state index in [0.29, 0.717) is 30.6 Å². The van der Waals surface area contributed by atoms with Crippen molar-refractivity contribution < 1.29 is 9.59 Å². The summed E-state index contributed by atoms with van der Waals surface area (Å²) in [4.78, 5) is 23.9. The molecule has 0 aliphatic rings. The summed E-state index contributed by atoms with van der Waals surface area (Å²) in [6.45, 7) is 5.17. The highest BCUT2D eigenvalue weighted by Crippen LogP contribution is 2.11. The van der Waals surface area contributed by atoms with Gasteiger partial charge in [-0.1, -0.05) is 60.2 Å². The molecule has 0 spiro atoms. The van der Waals surface area contributed by atoms with Gasteiger partial charge in [-0.3, -0.25) is 9.59 Å². The molecule has 1 N–H and O–H groups in total. The summed E-state index contributed by atoms with van der Waals surface area (Å²) in [6.07, 6.45) is 2.17. The lowest BCUT2D eigenvalue weighted by Crippen LogP contribution is -2.17. The average molecular weight is 321 g/mol. The summed E-state index contributed by atoms with van der Waals surface area (Å²) >= 11 is 0. The number of ketones is 2. The summed E-state index contributed by atoms with van der Waals surface area (Å²) in [5, 5.41) is 3.25. The van der Waals surface area contributed by atoms with Crippen molar-refractivity contribution in [3.8, 4) is 0 Å². The Hall–Kier alpha value is -2.52. The quantitative estimate of drug-likeness (QED) is 0.455. The van der Waals surface area contributed by atoms with E-state index in [0.717, 1.165) is 11.1 Å². The maximum atomic E-state index is 12.3. The Labute approximate surface area is 143 Å². The predicted octanol–water partition coefficient (Wildman–Crippen LogP) is 3.93. The fourth-order valence-corrected chi connectivity index (χ4v) is 2.37. The number of allylic oxidation sites excluding steroid dienone is 2. The number of hydrogen-bond acceptors (Lipinski definition) is 3. The minimum atomic E-state index is 0.0300. The van der Waals surface area contributed by atoms with Crippen LogP contribution in [0.5, 0.6) is 0 Å². The molecule has 0 saturated carbocycles. The Morgan fingerprint density at radius 2 is 1.54 bits per heavy atom. The van der Waals surface area contributed by atoms with Crippen molar-refractivity contribution in [1.29, 1.82) is 0 Å². The molecule has 0 unspecified atom stereocenters. The lowest BCUT2D eigenvalue weighted by Gasteiger charge is -2.06. The summed E-state index contributed by atoms with van der Waals surface area (Å²) in [5.74, 6) is 0.175. The van der Waals surface area contributed by atoms with Gasteiger partial charge in [-0.15, -0.1) is 0 Å². The standard InChI is InChI=1S/C21H23NO2/c1-16(2)14-20(23)12-13-22-15-17-8-10-19(11-9-17)21(24)18-6-4-3-5-7-18/h3-11,14,22H,12-13,15H2,1-2H3. The molecule has 0 bridgehead atoms. The molecule has 2 aromatic rings. The number of carbonyl (C=O) groups excluding carboxylic acids is 2. The third-order valence-electron chi connectivity index (χ3n) is 3.58. The molecular formula is C21H23NO2. The fourth-order valence-electron chi connectivity index (χ4n) is 2.37. The van der Waals surface area contributed by atoms with Crippen molar-refractivity contribution in [3.63, 3.8) is 0 Å². The Balaban J connectivity index is 1.83. The van der Waals surface area contributed by atoms with Crippen molar-refractivity contribution in [2.24, 2.45) is 0 Å². The average Bonchev–Trinajstić information content (AvgIpc) is 2.59. The summed E-state index contributed by atoms with van der Waals surface area (Å²) in [6, 6.07) is 16.9. The Morgan fingerprint density at radius 1 is 0.917 bits per heavy atom. The smallest absolute Gasteiger partial charge is 0.193 e. The Kier molecular flexibility index (Phi) is 6.64. The molecule has 3 nitrogen and oxygen atoms in total. The van der Waals surface area contributed by atoms with Gasteiger partial charge in [-0.2, -0.15) is 0 Å². The maximum Gasteiger partial charge on any atom is 0.193 e. The van der Waals surface area contributed by atoms with Crippen molar-refractivity contribution in [2.45, 2.75) is 26.8 Å². The van der Waals surface area contributed by atoms with Crippen LogP contribution in [0.1, 0.15) is 41.8 Å². The van der Waals surface area contributed by atoms with Crippen LogP contribution in [0.3, 0.4) is 0 Å². The van der Waals surface area contributed by atoms with Crippen LogP contribution in [-0.4, -0.2) is 18.1 Å². The molecule has 3 heteroatoms. The number of rotatable bonds is 8. The second-order valence-electron chi connectivity index (χ2n) is 6.01. The molecule has 2 rings (SSSR count). The van der Waals surface area contributed by atoms with Crippen molar-refractivity contribution in [1.82, 2.24) is 5.32 Å². The van der Waals surface area contributed by atoms with E-state index in [-0.39, 0.29) is 11.6 Å². The van der Waals surface area contributed by atoms with Crippen molar-refractivity contribution in [3.05, 3.63) is 82.9 Å². The summed E-state index contributed by atoms with van der Waals surface area (Å²) in [5.41, 5.74) is 3.50. The monoisotopic (exact) mass is 321 g/mol. The zero-order valence-electron chi connectivity index (χ0n) is 14.2. The topological polar surface area (TPSA) is 46.2 Å². The van der Waals surface area contributed by atoms with E-state index in [1.807, 2.05) is 68.4 Å². The van der Waals surface area contributed by atoms with Crippen LogP contribution in [0, 0.1) is 0 Å². The molecule has 0 heterocycles. The predicted molar refractivity (Wildman–Crippen MR) is 97.1 cm³/mol. The first-order valence-electron chi connectivity index (χ1n) is 8.13. The molecule has 0 atom stereocenters. The highest BCUT2D eigenvalue weighted by Gasteiger charge is 2.07. The van der Waals surface area contributed by atoms with Gasteiger partial charge in [0.25, 0.3) is 0 Å². The van der Waals surface area contributed by atoms with Gasteiger partial charge in [0.1, 0.15) is 0 Å². The lowest BCUT2D eigenvalue weighted by atomic mass is 10.0. The third-order valence-corrected chi connectivity index (χ3v) is 3.58. The zero-order chi connectivity index (χ0) is 17.4. The van der Waals surface area contributed by atoms with Gasteiger partial charge >= 0.3 is 0 Å². The highest BCUT2D eigenvalue weighted by atomic mass is 16.1. The normalized spacial score (nSPS) is 10.2. The van der Waals surface area contributed by atoms with E-state index in [4.69, 9.17) is 0 Å². The molecule has 0 aromatic heterocycles. The Morgan fingerprint density at radius 3 is 2.17 bits per heavy atom. The third kappa shape index (κ3) is 5.60. The summed E-state index contributed by atoms with van der Waals surface area (Å²) < 4.78 is 0. The summed E-state index contributed by atoms with van der Waals surface area (Å²) in [7, 11) is 0.